The molecule has 0 aromatic heterocycles. The summed E-state index contributed by atoms with van der Waals surface area (Å²) in [4.78, 5) is 0. The summed E-state index contributed by atoms with van der Waals surface area (Å²) >= 11 is 14.3. The summed E-state index contributed by atoms with van der Waals surface area (Å²) < 4.78 is 12.9. The van der Waals surface area contributed by atoms with Gasteiger partial charge in [-0.15, -0.1) is 0 Å². The Morgan fingerprint density at radius 1 is 0.510 bits per heavy atom. The van der Waals surface area contributed by atoms with Gasteiger partial charge in [-0.25, -0.2) is 0 Å². The number of ether oxygens (including phenoxy) is 2. The van der Waals surface area contributed by atoms with Crippen LogP contribution in [-0.4, -0.2) is 21.3 Å². The van der Waals surface area contributed by atoms with Gasteiger partial charge in [-0.2, -0.15) is 0 Å². The maximum Gasteiger partial charge on any atom is 0.180 e. The highest BCUT2D eigenvalue weighted by molar-refractivity contribution is 7.22. The molecule has 1 aliphatic heterocycles. The van der Waals surface area contributed by atoms with Crippen LogP contribution in [0.3, 0.4) is 0 Å². The molecule has 0 spiro atoms. The number of benzene rings is 4. The SMILES string of the molecule is CC(C)CCCC(C)CCOc1cc2c(cc1Cl)[Si](c1ccccc1)(c1ccccc1)c1cc(Cl)c(OCCC(C)CCCC(C)C)cc1-2. The largest absolute Gasteiger partial charge is 0.492 e. The minimum absolute atomic E-state index is 0.615. The van der Waals surface area contributed by atoms with Crippen LogP contribution in [0.1, 0.15) is 92.9 Å². The molecule has 0 amide bonds. The lowest BCUT2D eigenvalue weighted by molar-refractivity contribution is 0.275. The average molecular weight is 716 g/mol. The number of hydrogen-bond acceptors (Lipinski definition) is 2. The molecule has 4 aromatic rings. The number of hydrogen-bond donors (Lipinski definition) is 0. The van der Waals surface area contributed by atoms with Gasteiger partial charge in [0, 0.05) is 0 Å². The fourth-order valence-corrected chi connectivity index (χ4v) is 13.3. The molecular weight excluding hydrogens is 659 g/mol. The average Bonchev–Trinajstić information content (AvgIpc) is 3.33. The first kappa shape index (κ1) is 37.5. The minimum Gasteiger partial charge on any atom is -0.492 e. The van der Waals surface area contributed by atoms with Crippen molar-refractivity contribution < 1.29 is 9.47 Å². The third kappa shape index (κ3) is 8.96. The molecule has 49 heavy (non-hydrogen) atoms. The second-order valence-corrected chi connectivity index (χ2v) is 19.8. The summed E-state index contributed by atoms with van der Waals surface area (Å²) in [6, 6.07) is 30.6. The van der Waals surface area contributed by atoms with Gasteiger partial charge in [0.2, 0.25) is 0 Å². The molecule has 5 heteroatoms. The smallest absolute Gasteiger partial charge is 0.180 e. The fourth-order valence-electron chi connectivity index (χ4n) is 7.48. The fraction of sp³-hybridized carbons (Fsp3) is 0.455. The van der Waals surface area contributed by atoms with Crippen LogP contribution >= 0.6 is 23.2 Å². The molecule has 2 nitrogen and oxygen atoms in total. The third-order valence-corrected chi connectivity index (χ3v) is 15.8. The van der Waals surface area contributed by atoms with Gasteiger partial charge in [0.05, 0.1) is 23.3 Å². The monoisotopic (exact) mass is 714 g/mol. The van der Waals surface area contributed by atoms with E-state index >= 15 is 0 Å². The van der Waals surface area contributed by atoms with Crippen LogP contribution in [0.4, 0.5) is 0 Å². The Bertz CT molecular complexity index is 1510. The highest BCUT2D eigenvalue weighted by Gasteiger charge is 2.49. The van der Waals surface area contributed by atoms with E-state index in [1.54, 1.807) is 0 Å². The van der Waals surface area contributed by atoms with E-state index < -0.39 is 8.07 Å². The number of fused-ring (bicyclic) bond motifs is 3. The molecule has 0 aliphatic carbocycles. The van der Waals surface area contributed by atoms with Crippen molar-refractivity contribution >= 4 is 52.0 Å². The van der Waals surface area contributed by atoms with Crippen molar-refractivity contribution in [1.29, 1.82) is 0 Å². The summed E-state index contributed by atoms with van der Waals surface area (Å²) in [5, 5.41) is 6.48. The highest BCUT2D eigenvalue weighted by Crippen LogP contribution is 2.39. The van der Waals surface area contributed by atoms with Crippen molar-refractivity contribution in [3.8, 4) is 22.6 Å². The van der Waals surface area contributed by atoms with E-state index in [2.05, 4.69) is 126 Å². The Labute approximate surface area is 307 Å². The zero-order valence-electron chi connectivity index (χ0n) is 30.5. The van der Waals surface area contributed by atoms with Crippen molar-refractivity contribution in [2.24, 2.45) is 23.7 Å². The van der Waals surface area contributed by atoms with Crippen LogP contribution in [0.5, 0.6) is 11.5 Å². The molecule has 0 radical (unpaired) electrons. The van der Waals surface area contributed by atoms with Gasteiger partial charge < -0.3 is 9.47 Å². The lowest BCUT2D eigenvalue weighted by Crippen LogP contribution is -2.72. The minimum atomic E-state index is -2.76. The van der Waals surface area contributed by atoms with Gasteiger partial charge in [-0.3, -0.25) is 0 Å². The van der Waals surface area contributed by atoms with Crippen LogP contribution in [0.25, 0.3) is 11.1 Å². The Kier molecular flexibility index (Phi) is 13.4. The van der Waals surface area contributed by atoms with Gasteiger partial charge in [-0.05, 0) is 92.7 Å². The molecule has 0 saturated carbocycles. The second kappa shape index (κ2) is 17.5. The summed E-state index contributed by atoms with van der Waals surface area (Å²) in [6.45, 7) is 15.2. The third-order valence-electron chi connectivity index (χ3n) is 10.3. The molecule has 1 heterocycles. The van der Waals surface area contributed by atoms with Crippen LogP contribution in [-0.2, 0) is 0 Å². The molecule has 2 unspecified atom stereocenters. The molecule has 0 saturated heterocycles. The van der Waals surface area contributed by atoms with E-state index in [0.717, 1.165) is 36.2 Å². The van der Waals surface area contributed by atoms with E-state index in [0.29, 0.717) is 35.1 Å². The molecule has 5 rings (SSSR count). The topological polar surface area (TPSA) is 18.5 Å². The predicted octanol–water partition coefficient (Wildman–Crippen LogP) is 10.8. The Morgan fingerprint density at radius 2 is 0.898 bits per heavy atom. The first-order valence-electron chi connectivity index (χ1n) is 18.7. The molecule has 0 bridgehead atoms. The van der Waals surface area contributed by atoms with Gasteiger partial charge in [0.15, 0.2) is 8.07 Å². The molecule has 0 N–H and O–H groups in total. The van der Waals surface area contributed by atoms with Crippen LogP contribution in [0.15, 0.2) is 84.9 Å². The quantitative estimate of drug-likeness (QED) is 0.0841. The zero-order valence-corrected chi connectivity index (χ0v) is 33.0. The normalized spacial score (nSPS) is 14.5. The molecular formula is C44H56Cl2O2Si. The van der Waals surface area contributed by atoms with Crippen molar-refractivity contribution in [2.45, 2.75) is 92.9 Å². The Balaban J connectivity index is 1.51. The van der Waals surface area contributed by atoms with E-state index in [4.69, 9.17) is 32.7 Å². The van der Waals surface area contributed by atoms with Crippen molar-refractivity contribution in [3.05, 3.63) is 95.0 Å². The Morgan fingerprint density at radius 3 is 1.27 bits per heavy atom. The van der Waals surface area contributed by atoms with Gasteiger partial charge in [0.1, 0.15) is 11.5 Å². The molecule has 1 aliphatic rings. The summed E-state index contributed by atoms with van der Waals surface area (Å²) in [7, 11) is -2.76. The van der Waals surface area contributed by atoms with Crippen molar-refractivity contribution in [3.63, 3.8) is 0 Å². The van der Waals surface area contributed by atoms with Crippen LogP contribution in [0, 0.1) is 23.7 Å². The molecule has 0 fully saturated rings. The standard InChI is InChI=1S/C44H56Cl2O2Si/c1-31(2)15-13-17-33(5)23-25-47-41-27-37-38-28-42(48-26-24-34(6)18-14-16-32(3)4)40(46)30-44(38)49(43(37)29-39(41)45,35-19-9-7-10-20-35)36-21-11-8-12-22-36/h7-12,19-22,27-34H,13-18,23-26H2,1-6H3. The second-order valence-electron chi connectivity index (χ2n) is 15.3. The first-order valence-corrected chi connectivity index (χ1v) is 21.4. The molecule has 4 aromatic carbocycles. The van der Waals surface area contributed by atoms with E-state index in [9.17, 15) is 0 Å². The summed E-state index contributed by atoms with van der Waals surface area (Å²) in [5.74, 6) is 4.23. The van der Waals surface area contributed by atoms with Gasteiger partial charge in [-0.1, -0.05) is 164 Å². The van der Waals surface area contributed by atoms with Gasteiger partial charge in [0.25, 0.3) is 0 Å². The molecule has 262 valence electrons. The van der Waals surface area contributed by atoms with Crippen molar-refractivity contribution in [1.82, 2.24) is 0 Å². The maximum absolute atomic E-state index is 7.15. The number of rotatable bonds is 18. The zero-order chi connectivity index (χ0) is 35.0. The lowest BCUT2D eigenvalue weighted by Gasteiger charge is -2.31. The van der Waals surface area contributed by atoms with E-state index in [1.807, 2.05) is 0 Å². The van der Waals surface area contributed by atoms with E-state index in [1.165, 1.54) is 70.4 Å². The summed E-state index contributed by atoms with van der Waals surface area (Å²) in [6.07, 6.45) is 9.59. The van der Waals surface area contributed by atoms with Crippen LogP contribution < -0.4 is 30.2 Å². The number of halogens is 2. The first-order chi connectivity index (χ1) is 23.6. The highest BCUT2D eigenvalue weighted by atomic mass is 35.5. The lowest BCUT2D eigenvalue weighted by atomic mass is 9.97. The maximum atomic E-state index is 7.15. The predicted molar refractivity (Wildman–Crippen MR) is 215 cm³/mol. The summed E-state index contributed by atoms with van der Waals surface area (Å²) in [5.41, 5.74) is 2.34. The van der Waals surface area contributed by atoms with Gasteiger partial charge >= 0.3 is 0 Å². The van der Waals surface area contributed by atoms with E-state index in [-0.39, 0.29) is 0 Å². The Hall–Kier alpha value is -2.72. The van der Waals surface area contributed by atoms with Crippen LogP contribution in [0.2, 0.25) is 10.0 Å². The van der Waals surface area contributed by atoms with Crippen molar-refractivity contribution in [2.75, 3.05) is 13.2 Å². The molecule has 2 atom stereocenters.